The average molecular weight is 122 g/mol. The van der Waals surface area contributed by atoms with Gasteiger partial charge in [-0.05, 0) is 6.07 Å². The molecule has 0 saturated heterocycles. The van der Waals surface area contributed by atoms with Crippen LogP contribution in [0.5, 0.6) is 5.75 Å². The number of ether oxygens (including phenoxy) is 1. The fourth-order valence-corrected chi connectivity index (χ4v) is 0.556. The molecule has 0 amide bonds. The van der Waals surface area contributed by atoms with Crippen LogP contribution in [0.1, 0.15) is 0 Å². The van der Waals surface area contributed by atoms with Crippen molar-refractivity contribution in [2.45, 2.75) is 0 Å². The van der Waals surface area contributed by atoms with Gasteiger partial charge in [0.15, 0.2) is 0 Å². The molecular formula is C7H8NO. The van der Waals surface area contributed by atoms with Crippen molar-refractivity contribution in [3.63, 3.8) is 0 Å². The summed E-state index contributed by atoms with van der Waals surface area (Å²) in [6.07, 6.45) is 0. The summed E-state index contributed by atoms with van der Waals surface area (Å²) in [4.78, 5) is 0. The first kappa shape index (κ1) is 6.11. The molecule has 0 fully saturated rings. The van der Waals surface area contributed by atoms with E-state index in [1.54, 1.807) is 6.07 Å². The number of hydrogen-bond acceptors (Lipinski definition) is 2. The molecular weight excluding hydrogens is 114 g/mol. The summed E-state index contributed by atoms with van der Waals surface area (Å²) in [5, 5.41) is 0. The Bertz CT molecular complexity index is 162. The molecule has 0 aliphatic carbocycles. The van der Waals surface area contributed by atoms with Gasteiger partial charge >= 0.3 is 0 Å². The van der Waals surface area contributed by atoms with E-state index in [1.807, 2.05) is 18.2 Å². The quantitative estimate of drug-likeness (QED) is 0.588. The molecule has 1 rings (SSSR count). The summed E-state index contributed by atoms with van der Waals surface area (Å²) in [6, 6.07) is 10.2. The van der Waals surface area contributed by atoms with Crippen LogP contribution >= 0.6 is 0 Å². The summed E-state index contributed by atoms with van der Waals surface area (Å²) in [5.41, 5.74) is 5.12. The summed E-state index contributed by atoms with van der Waals surface area (Å²) in [6.45, 7) is 0.209. The van der Waals surface area contributed by atoms with Crippen LogP contribution in [0.25, 0.3) is 0 Å². The molecule has 9 heavy (non-hydrogen) atoms. The van der Waals surface area contributed by atoms with Crippen molar-refractivity contribution in [3.05, 3.63) is 30.3 Å². The minimum atomic E-state index is 0.209. The van der Waals surface area contributed by atoms with Crippen molar-refractivity contribution in [1.29, 1.82) is 0 Å². The first-order chi connectivity index (χ1) is 4.43. The van der Waals surface area contributed by atoms with Crippen molar-refractivity contribution in [2.75, 3.05) is 6.73 Å². The molecule has 2 N–H and O–H groups in total. The molecule has 0 saturated carbocycles. The second kappa shape index (κ2) is 3.10. The van der Waals surface area contributed by atoms with Crippen molar-refractivity contribution in [3.8, 4) is 5.75 Å². The van der Waals surface area contributed by atoms with E-state index >= 15 is 0 Å². The molecule has 2 nitrogen and oxygen atoms in total. The highest BCUT2D eigenvalue weighted by Gasteiger charge is 1.84. The molecule has 1 aromatic rings. The summed E-state index contributed by atoms with van der Waals surface area (Å²) >= 11 is 0. The zero-order valence-corrected chi connectivity index (χ0v) is 5.00. The van der Waals surface area contributed by atoms with Crippen LogP contribution in [-0.2, 0) is 0 Å². The molecule has 2 heteroatoms. The topological polar surface area (TPSA) is 35.2 Å². The average Bonchev–Trinajstić information content (AvgIpc) is 1.91. The van der Waals surface area contributed by atoms with Gasteiger partial charge in [-0.25, -0.2) is 0 Å². The van der Waals surface area contributed by atoms with Gasteiger partial charge in [0.1, 0.15) is 12.5 Å². The van der Waals surface area contributed by atoms with Crippen LogP contribution in [0, 0.1) is 6.07 Å². The first-order valence-electron chi connectivity index (χ1n) is 2.73. The van der Waals surface area contributed by atoms with Gasteiger partial charge in [-0.15, -0.1) is 0 Å². The van der Waals surface area contributed by atoms with E-state index in [0.29, 0.717) is 5.75 Å². The Morgan fingerprint density at radius 2 is 2.44 bits per heavy atom. The van der Waals surface area contributed by atoms with Crippen LogP contribution in [0.2, 0.25) is 0 Å². The Morgan fingerprint density at radius 1 is 1.56 bits per heavy atom. The van der Waals surface area contributed by atoms with E-state index in [1.165, 1.54) is 0 Å². The van der Waals surface area contributed by atoms with Crippen molar-refractivity contribution >= 4 is 0 Å². The van der Waals surface area contributed by atoms with Crippen LogP contribution in [0.15, 0.2) is 24.3 Å². The third kappa shape index (κ3) is 1.74. The minimum absolute atomic E-state index is 0.209. The summed E-state index contributed by atoms with van der Waals surface area (Å²) in [5.74, 6) is 0.694. The fourth-order valence-electron chi connectivity index (χ4n) is 0.556. The lowest BCUT2D eigenvalue weighted by Crippen LogP contribution is -2.06. The minimum Gasteiger partial charge on any atom is -0.478 e. The van der Waals surface area contributed by atoms with E-state index in [4.69, 9.17) is 10.5 Å². The van der Waals surface area contributed by atoms with E-state index in [9.17, 15) is 0 Å². The van der Waals surface area contributed by atoms with Gasteiger partial charge in [-0.2, -0.15) is 0 Å². The number of rotatable bonds is 2. The largest absolute Gasteiger partial charge is 0.478 e. The SMILES string of the molecule is NCOc1[c]cccc1. The van der Waals surface area contributed by atoms with Gasteiger partial charge in [-0.3, -0.25) is 5.73 Å². The van der Waals surface area contributed by atoms with Crippen molar-refractivity contribution in [2.24, 2.45) is 5.73 Å². The lowest BCUT2D eigenvalue weighted by atomic mass is 10.3. The maximum absolute atomic E-state index is 5.12. The molecule has 1 radical (unpaired) electrons. The molecule has 0 heterocycles. The van der Waals surface area contributed by atoms with Gasteiger partial charge in [0.05, 0.1) is 0 Å². The maximum atomic E-state index is 5.12. The monoisotopic (exact) mass is 122 g/mol. The van der Waals surface area contributed by atoms with Crippen LogP contribution < -0.4 is 10.5 Å². The van der Waals surface area contributed by atoms with E-state index < -0.39 is 0 Å². The van der Waals surface area contributed by atoms with E-state index in [2.05, 4.69) is 6.07 Å². The van der Waals surface area contributed by atoms with Gasteiger partial charge in [-0.1, -0.05) is 18.2 Å². The Hall–Kier alpha value is -1.02. The maximum Gasteiger partial charge on any atom is 0.137 e. The standard InChI is InChI=1S/C7H8NO/c8-6-9-7-4-2-1-3-5-7/h1-4H,6,8H2. The molecule has 47 valence electrons. The first-order valence-corrected chi connectivity index (χ1v) is 2.73. The zero-order valence-electron chi connectivity index (χ0n) is 5.00. The van der Waals surface area contributed by atoms with Crippen LogP contribution in [-0.4, -0.2) is 6.73 Å². The smallest absolute Gasteiger partial charge is 0.137 e. The summed E-state index contributed by atoms with van der Waals surface area (Å²) in [7, 11) is 0. The van der Waals surface area contributed by atoms with Gasteiger partial charge < -0.3 is 4.74 Å². The number of benzene rings is 1. The van der Waals surface area contributed by atoms with Crippen LogP contribution in [0.3, 0.4) is 0 Å². The lowest BCUT2D eigenvalue weighted by molar-refractivity contribution is 0.329. The van der Waals surface area contributed by atoms with E-state index in [0.717, 1.165) is 0 Å². The predicted molar refractivity (Wildman–Crippen MR) is 35.0 cm³/mol. The fraction of sp³-hybridized carbons (Fsp3) is 0.143. The van der Waals surface area contributed by atoms with E-state index in [-0.39, 0.29) is 6.73 Å². The predicted octanol–water partition coefficient (Wildman–Crippen LogP) is 0.782. The normalized spacial score (nSPS) is 9.00. The van der Waals surface area contributed by atoms with Gasteiger partial charge in [0.25, 0.3) is 0 Å². The number of hydrogen-bond donors (Lipinski definition) is 1. The highest BCUT2D eigenvalue weighted by atomic mass is 16.5. The third-order valence-corrected chi connectivity index (χ3v) is 0.919. The Morgan fingerprint density at radius 3 is 3.00 bits per heavy atom. The highest BCUT2D eigenvalue weighted by Crippen LogP contribution is 2.05. The molecule has 1 aromatic carbocycles. The Labute approximate surface area is 54.2 Å². The van der Waals surface area contributed by atoms with Crippen molar-refractivity contribution in [1.82, 2.24) is 0 Å². The van der Waals surface area contributed by atoms with Gasteiger partial charge in [0, 0.05) is 6.07 Å². The third-order valence-electron chi connectivity index (χ3n) is 0.919. The number of para-hydroxylation sites is 1. The molecule has 0 atom stereocenters. The molecule has 0 unspecified atom stereocenters. The zero-order chi connectivity index (χ0) is 6.53. The summed E-state index contributed by atoms with van der Waals surface area (Å²) < 4.78 is 4.93. The highest BCUT2D eigenvalue weighted by molar-refractivity contribution is 5.18. The molecule has 0 spiro atoms. The Kier molecular flexibility index (Phi) is 2.10. The Balaban J connectivity index is 2.61. The molecule has 0 aliphatic rings. The second-order valence-corrected chi connectivity index (χ2v) is 1.54. The second-order valence-electron chi connectivity index (χ2n) is 1.54. The molecule has 0 bridgehead atoms. The lowest BCUT2D eigenvalue weighted by Gasteiger charge is -1.98. The molecule has 0 aromatic heterocycles. The van der Waals surface area contributed by atoms with Gasteiger partial charge in [0.2, 0.25) is 0 Å². The van der Waals surface area contributed by atoms with Crippen LogP contribution in [0.4, 0.5) is 0 Å². The number of nitrogens with two attached hydrogens (primary N) is 1. The van der Waals surface area contributed by atoms with Crippen molar-refractivity contribution < 1.29 is 4.74 Å². The molecule has 0 aliphatic heterocycles.